The molecule has 4 nitrogen and oxygen atoms in total. The predicted molar refractivity (Wildman–Crippen MR) is 81.8 cm³/mol. The summed E-state index contributed by atoms with van der Waals surface area (Å²) >= 11 is 0. The van der Waals surface area contributed by atoms with E-state index in [1.54, 1.807) is 0 Å². The Hall–Kier alpha value is -0.830. The number of hydrogen-bond acceptors (Lipinski definition) is 3. The van der Waals surface area contributed by atoms with Gasteiger partial charge in [-0.05, 0) is 37.6 Å². The summed E-state index contributed by atoms with van der Waals surface area (Å²) in [5.74, 6) is 0. The highest BCUT2D eigenvalue weighted by atomic mass is 35.5. The fourth-order valence-electron chi connectivity index (χ4n) is 1.72. The first-order valence-electron chi connectivity index (χ1n) is 6.56. The van der Waals surface area contributed by atoms with Gasteiger partial charge in [0.15, 0.2) is 0 Å². The number of halogens is 4. The second-order valence-corrected chi connectivity index (χ2v) is 6.36. The average Bonchev–Trinajstić information content (AvgIpc) is 2.37. The largest absolute Gasteiger partial charge is 0.416 e. The first-order chi connectivity index (χ1) is 9.68. The molecule has 0 unspecified atom stereocenters. The number of benzene rings is 1. The third kappa shape index (κ3) is 6.12. The maximum atomic E-state index is 12.7. The van der Waals surface area contributed by atoms with E-state index in [0.717, 1.165) is 25.1 Å². The lowest BCUT2D eigenvalue weighted by Crippen LogP contribution is -2.32. The summed E-state index contributed by atoms with van der Waals surface area (Å²) in [5, 5.41) is 3.00. The van der Waals surface area contributed by atoms with E-state index in [9.17, 15) is 21.6 Å². The molecule has 0 aliphatic carbocycles. The van der Waals surface area contributed by atoms with Crippen LogP contribution < -0.4 is 10.0 Å². The van der Waals surface area contributed by atoms with Gasteiger partial charge in [-0.1, -0.05) is 13.0 Å². The van der Waals surface area contributed by atoms with Gasteiger partial charge >= 0.3 is 6.18 Å². The Morgan fingerprint density at radius 1 is 1.14 bits per heavy atom. The molecule has 1 aromatic rings. The Bertz CT molecular complexity index is 577. The van der Waals surface area contributed by atoms with Crippen LogP contribution in [0.25, 0.3) is 0 Å². The summed E-state index contributed by atoms with van der Waals surface area (Å²) in [4.78, 5) is -0.340. The molecule has 0 saturated heterocycles. The minimum atomic E-state index is -4.57. The molecule has 0 aliphatic rings. The van der Waals surface area contributed by atoms with E-state index < -0.39 is 21.8 Å². The SMILES string of the molecule is CCCNCCNS(=O)(=O)c1cc(C(F)(F)F)ccc1C.Cl. The third-order valence-electron chi connectivity index (χ3n) is 2.83. The minimum Gasteiger partial charge on any atom is -0.315 e. The molecule has 0 bridgehead atoms. The van der Waals surface area contributed by atoms with Gasteiger partial charge < -0.3 is 5.32 Å². The first kappa shape index (κ1) is 21.2. The van der Waals surface area contributed by atoms with E-state index in [2.05, 4.69) is 10.0 Å². The van der Waals surface area contributed by atoms with Crippen LogP contribution in [0.4, 0.5) is 13.2 Å². The van der Waals surface area contributed by atoms with Gasteiger partial charge in [0.2, 0.25) is 10.0 Å². The summed E-state index contributed by atoms with van der Waals surface area (Å²) in [6.07, 6.45) is -3.65. The lowest BCUT2D eigenvalue weighted by atomic mass is 10.1. The molecule has 0 atom stereocenters. The van der Waals surface area contributed by atoms with Crippen LogP contribution in [0.1, 0.15) is 24.5 Å². The predicted octanol–water partition coefficient (Wildman–Crippen LogP) is 2.71. The van der Waals surface area contributed by atoms with E-state index in [1.165, 1.54) is 6.92 Å². The quantitative estimate of drug-likeness (QED) is 0.735. The monoisotopic (exact) mass is 360 g/mol. The zero-order chi connectivity index (χ0) is 16.1. The van der Waals surface area contributed by atoms with Crippen molar-refractivity contribution in [2.45, 2.75) is 31.3 Å². The van der Waals surface area contributed by atoms with Gasteiger partial charge in [0.1, 0.15) is 0 Å². The molecule has 0 amide bonds. The Balaban J connectivity index is 0.00000441. The van der Waals surface area contributed by atoms with Crippen LogP contribution in [-0.4, -0.2) is 28.1 Å². The Morgan fingerprint density at radius 3 is 2.32 bits per heavy atom. The van der Waals surface area contributed by atoms with Gasteiger partial charge in [0.05, 0.1) is 10.5 Å². The minimum absolute atomic E-state index is 0. The standard InChI is InChI=1S/C13H19F3N2O2S.ClH/c1-3-6-17-7-8-18-21(19,20)12-9-11(13(14,15)16)5-4-10(12)2;/h4-5,9,17-18H,3,6-8H2,1-2H3;1H. The highest BCUT2D eigenvalue weighted by Gasteiger charge is 2.32. The van der Waals surface area contributed by atoms with Crippen molar-refractivity contribution in [1.29, 1.82) is 0 Å². The highest BCUT2D eigenvalue weighted by molar-refractivity contribution is 7.89. The normalized spacial score (nSPS) is 12.0. The van der Waals surface area contributed by atoms with Crippen LogP contribution in [0.3, 0.4) is 0 Å². The van der Waals surface area contributed by atoms with E-state index >= 15 is 0 Å². The van der Waals surface area contributed by atoms with Crippen molar-refractivity contribution in [3.8, 4) is 0 Å². The van der Waals surface area contributed by atoms with Crippen LogP contribution in [0.5, 0.6) is 0 Å². The summed E-state index contributed by atoms with van der Waals surface area (Å²) in [6.45, 7) is 4.74. The summed E-state index contributed by atoms with van der Waals surface area (Å²) in [6, 6.07) is 2.70. The molecule has 22 heavy (non-hydrogen) atoms. The molecule has 0 heterocycles. The van der Waals surface area contributed by atoms with E-state index in [-0.39, 0.29) is 29.4 Å². The van der Waals surface area contributed by atoms with Crippen LogP contribution in [-0.2, 0) is 16.2 Å². The molecule has 0 radical (unpaired) electrons. The van der Waals surface area contributed by atoms with Crippen molar-refractivity contribution < 1.29 is 21.6 Å². The van der Waals surface area contributed by atoms with Crippen LogP contribution >= 0.6 is 12.4 Å². The van der Waals surface area contributed by atoms with Gasteiger partial charge in [-0.2, -0.15) is 13.2 Å². The van der Waals surface area contributed by atoms with E-state index in [0.29, 0.717) is 12.6 Å². The fraction of sp³-hybridized carbons (Fsp3) is 0.538. The number of sulfonamides is 1. The van der Waals surface area contributed by atoms with E-state index in [4.69, 9.17) is 0 Å². The third-order valence-corrected chi connectivity index (χ3v) is 4.43. The van der Waals surface area contributed by atoms with Gasteiger partial charge in [0, 0.05) is 13.1 Å². The van der Waals surface area contributed by atoms with Crippen LogP contribution in [0.15, 0.2) is 23.1 Å². The molecule has 0 saturated carbocycles. The summed E-state index contributed by atoms with van der Waals surface area (Å²) in [5.41, 5.74) is -0.699. The topological polar surface area (TPSA) is 58.2 Å². The van der Waals surface area contributed by atoms with Crippen molar-refractivity contribution in [2.75, 3.05) is 19.6 Å². The second-order valence-electron chi connectivity index (χ2n) is 4.63. The van der Waals surface area contributed by atoms with Crippen molar-refractivity contribution in [2.24, 2.45) is 0 Å². The van der Waals surface area contributed by atoms with Crippen molar-refractivity contribution in [3.63, 3.8) is 0 Å². The fourth-order valence-corrected chi connectivity index (χ4v) is 3.02. The van der Waals surface area contributed by atoms with Gasteiger partial charge in [-0.25, -0.2) is 13.1 Å². The zero-order valence-corrected chi connectivity index (χ0v) is 14.0. The maximum absolute atomic E-state index is 12.7. The van der Waals surface area contributed by atoms with Crippen LogP contribution in [0.2, 0.25) is 0 Å². The molecular weight excluding hydrogens is 341 g/mol. The van der Waals surface area contributed by atoms with Gasteiger partial charge in [-0.15, -0.1) is 12.4 Å². The number of hydrogen-bond donors (Lipinski definition) is 2. The Labute approximate surface area is 134 Å². The van der Waals surface area contributed by atoms with Crippen molar-refractivity contribution in [1.82, 2.24) is 10.0 Å². The van der Waals surface area contributed by atoms with Crippen molar-refractivity contribution in [3.05, 3.63) is 29.3 Å². The molecule has 0 aromatic heterocycles. The number of rotatable bonds is 7. The molecule has 0 aliphatic heterocycles. The molecule has 2 N–H and O–H groups in total. The molecule has 128 valence electrons. The zero-order valence-electron chi connectivity index (χ0n) is 12.3. The number of aryl methyl sites for hydroxylation is 1. The molecule has 1 rings (SSSR count). The maximum Gasteiger partial charge on any atom is 0.416 e. The van der Waals surface area contributed by atoms with Gasteiger partial charge in [0.25, 0.3) is 0 Å². The summed E-state index contributed by atoms with van der Waals surface area (Å²) in [7, 11) is -3.95. The highest BCUT2D eigenvalue weighted by Crippen LogP contribution is 2.31. The summed E-state index contributed by atoms with van der Waals surface area (Å²) < 4.78 is 64.4. The molecule has 0 fully saturated rings. The molecule has 1 aromatic carbocycles. The lowest BCUT2D eigenvalue weighted by molar-refractivity contribution is -0.137. The Kier molecular flexibility index (Phi) is 8.38. The average molecular weight is 361 g/mol. The number of nitrogens with one attached hydrogen (secondary N) is 2. The van der Waals surface area contributed by atoms with E-state index in [1.807, 2.05) is 6.92 Å². The Morgan fingerprint density at radius 2 is 1.77 bits per heavy atom. The number of alkyl halides is 3. The smallest absolute Gasteiger partial charge is 0.315 e. The molecule has 0 spiro atoms. The van der Waals surface area contributed by atoms with Crippen molar-refractivity contribution >= 4 is 22.4 Å². The molecule has 9 heteroatoms. The first-order valence-corrected chi connectivity index (χ1v) is 8.05. The van der Waals surface area contributed by atoms with Crippen LogP contribution in [0, 0.1) is 6.92 Å². The van der Waals surface area contributed by atoms with Gasteiger partial charge in [-0.3, -0.25) is 0 Å². The lowest BCUT2D eigenvalue weighted by Gasteiger charge is -2.13. The molecular formula is C13H20ClF3N2O2S. The second kappa shape index (κ2) is 8.71.